The maximum atomic E-state index is 13.3. The Bertz CT molecular complexity index is 838. The first-order valence-electron chi connectivity index (χ1n) is 6.47. The Morgan fingerprint density at radius 2 is 1.70 bits per heavy atom. The molecule has 2 rings (SSSR count). The Balaban J connectivity index is 2.62. The molecule has 0 aliphatic carbocycles. The lowest BCUT2D eigenvalue weighted by Crippen LogP contribution is -2.20. The zero-order valence-electron chi connectivity index (χ0n) is 11.9. The molecule has 0 N–H and O–H groups in total. The van der Waals surface area contributed by atoms with Crippen LogP contribution in [-0.4, -0.2) is 14.6 Å². The van der Waals surface area contributed by atoms with Gasteiger partial charge in [0.05, 0.1) is 4.90 Å². The fourth-order valence-electron chi connectivity index (χ4n) is 1.90. The van der Waals surface area contributed by atoms with Gasteiger partial charge in [-0.05, 0) is 42.8 Å². The molecule has 0 spiro atoms. The molecule has 0 atom stereocenters. The van der Waals surface area contributed by atoms with E-state index in [2.05, 4.69) is 0 Å². The summed E-state index contributed by atoms with van der Waals surface area (Å²) in [6.07, 6.45) is -4.44. The Hall–Kier alpha value is -1.79. The highest BCUT2D eigenvalue weighted by Gasteiger charge is 2.43. The van der Waals surface area contributed by atoms with Crippen molar-refractivity contribution < 1.29 is 21.6 Å². The zero-order chi connectivity index (χ0) is 17.3. The molecule has 0 fully saturated rings. The fraction of sp³-hybridized carbons (Fsp3) is 0.125. The molecule has 122 valence electrons. The van der Waals surface area contributed by atoms with Crippen LogP contribution in [0.2, 0.25) is 5.02 Å². The standard InChI is InChI=1S/C16H12ClF3O2S/c1-11-5-7-14(8-6-11)23(21,22)15(16(18,19)20)10-12-3-2-4-13(17)9-12/h2-10H,1H3. The molecule has 7 heteroatoms. The minimum absolute atomic E-state index is 0.0560. The third-order valence-electron chi connectivity index (χ3n) is 3.05. The van der Waals surface area contributed by atoms with E-state index in [4.69, 9.17) is 11.6 Å². The topological polar surface area (TPSA) is 34.1 Å². The first-order chi connectivity index (χ1) is 10.6. The number of hydrogen-bond donors (Lipinski definition) is 0. The first kappa shape index (κ1) is 17.6. The van der Waals surface area contributed by atoms with Gasteiger partial charge in [0.1, 0.15) is 0 Å². The molecule has 0 saturated heterocycles. The van der Waals surface area contributed by atoms with Crippen molar-refractivity contribution in [2.75, 3.05) is 0 Å². The van der Waals surface area contributed by atoms with Crippen LogP contribution in [0.3, 0.4) is 0 Å². The summed E-state index contributed by atoms with van der Waals surface area (Å²) in [5, 5.41) is 0.216. The van der Waals surface area contributed by atoms with Crippen molar-refractivity contribution in [1.82, 2.24) is 0 Å². The van der Waals surface area contributed by atoms with E-state index in [0.717, 1.165) is 17.7 Å². The van der Waals surface area contributed by atoms with Crippen LogP contribution in [-0.2, 0) is 9.84 Å². The van der Waals surface area contributed by atoms with Crippen LogP contribution in [0.5, 0.6) is 0 Å². The summed E-state index contributed by atoms with van der Waals surface area (Å²) < 4.78 is 64.6. The van der Waals surface area contributed by atoms with Crippen molar-refractivity contribution in [2.24, 2.45) is 0 Å². The Kier molecular flexibility index (Phi) is 4.87. The lowest BCUT2D eigenvalue weighted by atomic mass is 10.2. The molecular formula is C16H12ClF3O2S. The summed E-state index contributed by atoms with van der Waals surface area (Å²) in [5.41, 5.74) is 0.803. The van der Waals surface area contributed by atoms with Crippen LogP contribution >= 0.6 is 11.6 Å². The van der Waals surface area contributed by atoms with Gasteiger partial charge in [0, 0.05) is 5.02 Å². The molecule has 2 nitrogen and oxygen atoms in total. The normalized spacial score (nSPS) is 13.2. The quantitative estimate of drug-likeness (QED) is 0.769. The van der Waals surface area contributed by atoms with Gasteiger partial charge in [0.2, 0.25) is 9.84 Å². The lowest BCUT2D eigenvalue weighted by Gasteiger charge is -2.13. The molecule has 0 heterocycles. The molecule has 0 unspecified atom stereocenters. The Labute approximate surface area is 137 Å². The number of alkyl halides is 3. The van der Waals surface area contributed by atoms with Gasteiger partial charge in [0.25, 0.3) is 0 Å². The van der Waals surface area contributed by atoms with Crippen LogP contribution in [0.1, 0.15) is 11.1 Å². The molecule has 0 saturated carbocycles. The van der Waals surface area contributed by atoms with E-state index in [1.807, 2.05) is 0 Å². The average Bonchev–Trinajstić information content (AvgIpc) is 2.44. The third kappa shape index (κ3) is 4.14. The van der Waals surface area contributed by atoms with Gasteiger partial charge in [-0.1, -0.05) is 41.4 Å². The minimum Gasteiger partial charge on any atom is -0.219 e. The number of rotatable bonds is 3. The molecule has 0 radical (unpaired) electrons. The van der Waals surface area contributed by atoms with E-state index in [0.29, 0.717) is 6.08 Å². The summed E-state index contributed by atoms with van der Waals surface area (Å²) in [6, 6.07) is 10.7. The highest BCUT2D eigenvalue weighted by atomic mass is 35.5. The summed E-state index contributed by atoms with van der Waals surface area (Å²) >= 11 is 5.73. The Morgan fingerprint density at radius 1 is 1.09 bits per heavy atom. The van der Waals surface area contributed by atoms with Crippen molar-refractivity contribution in [3.8, 4) is 0 Å². The van der Waals surface area contributed by atoms with E-state index in [1.165, 1.54) is 36.4 Å². The van der Waals surface area contributed by atoms with Crippen LogP contribution < -0.4 is 0 Å². The predicted octanol–water partition coefficient (Wildman–Crippen LogP) is 5.03. The van der Waals surface area contributed by atoms with Gasteiger partial charge in [-0.3, -0.25) is 0 Å². The number of allylic oxidation sites excluding steroid dienone is 1. The zero-order valence-corrected chi connectivity index (χ0v) is 13.5. The molecular weight excluding hydrogens is 349 g/mol. The van der Waals surface area contributed by atoms with Crippen molar-refractivity contribution in [2.45, 2.75) is 18.0 Å². The van der Waals surface area contributed by atoms with Crippen molar-refractivity contribution >= 4 is 27.5 Å². The van der Waals surface area contributed by atoms with Crippen LogP contribution in [0, 0.1) is 6.92 Å². The highest BCUT2D eigenvalue weighted by molar-refractivity contribution is 7.95. The largest absolute Gasteiger partial charge is 0.427 e. The molecule has 0 aliphatic heterocycles. The Morgan fingerprint density at radius 3 is 2.22 bits per heavy atom. The average molecular weight is 361 g/mol. The van der Waals surface area contributed by atoms with Gasteiger partial charge in [-0.2, -0.15) is 13.2 Å². The molecule has 0 bridgehead atoms. The van der Waals surface area contributed by atoms with Gasteiger partial charge < -0.3 is 0 Å². The second-order valence-corrected chi connectivity index (χ2v) is 7.23. The number of aryl methyl sites for hydroxylation is 1. The second kappa shape index (κ2) is 6.37. The fourth-order valence-corrected chi connectivity index (χ4v) is 3.45. The summed E-state index contributed by atoms with van der Waals surface area (Å²) in [4.78, 5) is -2.04. The molecule has 0 aromatic heterocycles. The summed E-state index contributed by atoms with van der Waals surface area (Å²) in [6.45, 7) is 1.71. The number of halogens is 4. The van der Waals surface area contributed by atoms with Gasteiger partial charge >= 0.3 is 6.18 Å². The minimum atomic E-state index is -5.02. The SMILES string of the molecule is Cc1ccc(S(=O)(=O)C(=Cc2cccc(Cl)c2)C(F)(F)F)cc1. The smallest absolute Gasteiger partial charge is 0.219 e. The van der Waals surface area contributed by atoms with Crippen LogP contribution in [0.15, 0.2) is 58.3 Å². The molecule has 0 aliphatic rings. The molecule has 2 aromatic carbocycles. The van der Waals surface area contributed by atoms with E-state index >= 15 is 0 Å². The molecule has 23 heavy (non-hydrogen) atoms. The van der Waals surface area contributed by atoms with E-state index in [1.54, 1.807) is 6.92 Å². The van der Waals surface area contributed by atoms with Gasteiger partial charge in [0.15, 0.2) is 4.91 Å². The number of benzene rings is 2. The van der Waals surface area contributed by atoms with Crippen molar-refractivity contribution in [3.05, 3.63) is 69.6 Å². The predicted molar refractivity (Wildman–Crippen MR) is 83.8 cm³/mol. The van der Waals surface area contributed by atoms with Crippen LogP contribution in [0.25, 0.3) is 6.08 Å². The first-order valence-corrected chi connectivity index (χ1v) is 8.33. The lowest BCUT2D eigenvalue weighted by molar-refractivity contribution is -0.0836. The van der Waals surface area contributed by atoms with E-state index in [9.17, 15) is 21.6 Å². The third-order valence-corrected chi connectivity index (χ3v) is 5.10. The number of sulfone groups is 1. The maximum Gasteiger partial charge on any atom is 0.427 e. The maximum absolute atomic E-state index is 13.3. The van der Waals surface area contributed by atoms with Crippen molar-refractivity contribution in [1.29, 1.82) is 0 Å². The summed E-state index contributed by atoms with van der Waals surface area (Å²) in [5.74, 6) is 0. The van der Waals surface area contributed by atoms with E-state index < -0.39 is 25.8 Å². The highest BCUT2D eigenvalue weighted by Crippen LogP contribution is 2.35. The van der Waals surface area contributed by atoms with Gasteiger partial charge in [-0.15, -0.1) is 0 Å². The van der Waals surface area contributed by atoms with Crippen molar-refractivity contribution in [3.63, 3.8) is 0 Å². The molecule has 2 aromatic rings. The molecule has 0 amide bonds. The summed E-state index contributed by atoms with van der Waals surface area (Å²) in [7, 11) is -4.69. The van der Waals surface area contributed by atoms with Crippen LogP contribution in [0.4, 0.5) is 13.2 Å². The number of hydrogen-bond acceptors (Lipinski definition) is 2. The second-order valence-electron chi connectivity index (χ2n) is 4.88. The van der Waals surface area contributed by atoms with Gasteiger partial charge in [-0.25, -0.2) is 8.42 Å². The monoisotopic (exact) mass is 360 g/mol. The van der Waals surface area contributed by atoms with E-state index in [-0.39, 0.29) is 10.6 Å².